The number of nitro benzene ring substituents is 1. The van der Waals surface area contributed by atoms with Gasteiger partial charge in [-0.05, 0) is 24.8 Å². The van der Waals surface area contributed by atoms with Crippen LogP contribution in [0, 0.1) is 27.4 Å². The van der Waals surface area contributed by atoms with Crippen molar-refractivity contribution in [2.45, 2.75) is 31.6 Å². The Morgan fingerprint density at radius 2 is 2.10 bits per heavy atom. The van der Waals surface area contributed by atoms with Gasteiger partial charge in [0.1, 0.15) is 17.4 Å². The van der Waals surface area contributed by atoms with Crippen molar-refractivity contribution in [1.82, 2.24) is 0 Å². The van der Waals surface area contributed by atoms with E-state index in [1.807, 2.05) is 0 Å². The van der Waals surface area contributed by atoms with E-state index in [0.717, 1.165) is 0 Å². The maximum atomic E-state index is 13.0. The summed E-state index contributed by atoms with van der Waals surface area (Å²) in [6.45, 7) is 0.277. The molecule has 0 amide bonds. The molecule has 7 heteroatoms. The molecule has 0 radical (unpaired) electrons. The molecule has 112 valence electrons. The van der Waals surface area contributed by atoms with Crippen molar-refractivity contribution in [2.75, 3.05) is 6.61 Å². The fourth-order valence-electron chi connectivity index (χ4n) is 2.33. The second-order valence-corrected chi connectivity index (χ2v) is 5.16. The summed E-state index contributed by atoms with van der Waals surface area (Å²) in [5, 5.41) is 19.6. The third-order valence-electron chi connectivity index (χ3n) is 3.61. The van der Waals surface area contributed by atoms with E-state index < -0.39 is 10.8 Å². The number of halogens is 2. The van der Waals surface area contributed by atoms with Gasteiger partial charge in [-0.2, -0.15) is 5.26 Å². The van der Waals surface area contributed by atoms with Crippen molar-refractivity contribution >= 4 is 5.69 Å². The van der Waals surface area contributed by atoms with Crippen LogP contribution >= 0.6 is 0 Å². The van der Waals surface area contributed by atoms with Crippen LogP contribution in [0.15, 0.2) is 18.2 Å². The lowest BCUT2D eigenvalue weighted by Crippen LogP contribution is -2.27. The summed E-state index contributed by atoms with van der Waals surface area (Å²) in [6.07, 6.45) is 0.519. The smallest absolute Gasteiger partial charge is 0.287 e. The number of ether oxygens (including phenoxy) is 1. The molecule has 1 aromatic carbocycles. The lowest BCUT2D eigenvalue weighted by molar-refractivity contribution is -0.385. The molecule has 0 aromatic heterocycles. The van der Waals surface area contributed by atoms with Gasteiger partial charge < -0.3 is 4.74 Å². The average molecular weight is 296 g/mol. The second-order valence-electron chi connectivity index (χ2n) is 5.16. The molecule has 21 heavy (non-hydrogen) atoms. The number of nitro groups is 1. The summed E-state index contributed by atoms with van der Waals surface area (Å²) in [6, 6.07) is 5.67. The number of benzene rings is 1. The van der Waals surface area contributed by atoms with Crippen LogP contribution in [0.25, 0.3) is 0 Å². The third kappa shape index (κ3) is 3.88. The van der Waals surface area contributed by atoms with Crippen molar-refractivity contribution in [3.63, 3.8) is 0 Å². The first-order valence-electron chi connectivity index (χ1n) is 6.60. The molecule has 1 aliphatic rings. The average Bonchev–Trinajstić information content (AvgIpc) is 2.45. The van der Waals surface area contributed by atoms with Gasteiger partial charge in [0.15, 0.2) is 0 Å². The Morgan fingerprint density at radius 3 is 2.67 bits per heavy atom. The highest BCUT2D eigenvalue weighted by molar-refractivity contribution is 5.52. The Kier molecular flexibility index (Phi) is 4.36. The van der Waals surface area contributed by atoms with E-state index in [2.05, 4.69) is 0 Å². The SMILES string of the molecule is N#Cc1cc(OCC2CCC(F)(F)CC2)ccc1[N+](=O)[O-]. The van der Waals surface area contributed by atoms with Crippen LogP contribution in [0.4, 0.5) is 14.5 Å². The van der Waals surface area contributed by atoms with Crippen molar-refractivity contribution in [1.29, 1.82) is 5.26 Å². The quantitative estimate of drug-likeness (QED) is 0.627. The monoisotopic (exact) mass is 296 g/mol. The van der Waals surface area contributed by atoms with Gasteiger partial charge in [-0.25, -0.2) is 8.78 Å². The van der Waals surface area contributed by atoms with Crippen LogP contribution in [-0.4, -0.2) is 17.5 Å². The molecule has 0 heterocycles. The van der Waals surface area contributed by atoms with E-state index in [1.165, 1.54) is 18.2 Å². The van der Waals surface area contributed by atoms with Gasteiger partial charge in [-0.15, -0.1) is 0 Å². The Hall–Kier alpha value is -2.23. The zero-order valence-corrected chi connectivity index (χ0v) is 11.2. The highest BCUT2D eigenvalue weighted by Crippen LogP contribution is 2.36. The van der Waals surface area contributed by atoms with Crippen LogP contribution < -0.4 is 4.74 Å². The van der Waals surface area contributed by atoms with Crippen LogP contribution in [0.3, 0.4) is 0 Å². The summed E-state index contributed by atoms with van der Waals surface area (Å²) in [4.78, 5) is 10.1. The second kappa shape index (κ2) is 6.04. The van der Waals surface area contributed by atoms with E-state index in [1.54, 1.807) is 6.07 Å². The van der Waals surface area contributed by atoms with Gasteiger partial charge in [-0.3, -0.25) is 10.1 Å². The lowest BCUT2D eigenvalue weighted by atomic mass is 9.87. The van der Waals surface area contributed by atoms with Gasteiger partial charge in [-0.1, -0.05) is 0 Å². The van der Waals surface area contributed by atoms with Gasteiger partial charge >= 0.3 is 0 Å². The maximum Gasteiger partial charge on any atom is 0.287 e. The van der Waals surface area contributed by atoms with Crippen molar-refractivity contribution < 1.29 is 18.4 Å². The Morgan fingerprint density at radius 1 is 1.43 bits per heavy atom. The lowest BCUT2D eigenvalue weighted by Gasteiger charge is -2.28. The molecule has 0 aliphatic heterocycles. The molecule has 5 nitrogen and oxygen atoms in total. The predicted molar refractivity (Wildman–Crippen MR) is 70.2 cm³/mol. The Bertz CT molecular complexity index is 574. The first-order valence-corrected chi connectivity index (χ1v) is 6.60. The van der Waals surface area contributed by atoms with Crippen LogP contribution in [0.1, 0.15) is 31.2 Å². The molecule has 0 unspecified atom stereocenters. The largest absolute Gasteiger partial charge is 0.493 e. The summed E-state index contributed by atoms with van der Waals surface area (Å²) >= 11 is 0. The standard InChI is InChI=1S/C14H14F2N2O3/c15-14(16)5-3-10(4-6-14)9-21-12-1-2-13(18(19)20)11(7-12)8-17/h1-2,7,10H,3-6,9H2. The van der Waals surface area contributed by atoms with Crippen molar-refractivity contribution in [3.05, 3.63) is 33.9 Å². The van der Waals surface area contributed by atoms with Crippen LogP contribution in [-0.2, 0) is 0 Å². The summed E-state index contributed by atoms with van der Waals surface area (Å²) < 4.78 is 31.5. The molecular weight excluding hydrogens is 282 g/mol. The van der Waals surface area contributed by atoms with Crippen LogP contribution in [0.5, 0.6) is 5.75 Å². The van der Waals surface area contributed by atoms with Crippen LogP contribution in [0.2, 0.25) is 0 Å². The van der Waals surface area contributed by atoms with Gasteiger partial charge in [0.05, 0.1) is 11.5 Å². The first-order chi connectivity index (χ1) is 9.91. The number of hydrogen-bond donors (Lipinski definition) is 0. The molecule has 1 aliphatic carbocycles. The van der Waals surface area contributed by atoms with E-state index in [9.17, 15) is 18.9 Å². The summed E-state index contributed by atoms with van der Waals surface area (Å²) in [5.74, 6) is -2.18. The molecule has 2 rings (SSSR count). The highest BCUT2D eigenvalue weighted by Gasteiger charge is 2.35. The molecule has 0 saturated heterocycles. The molecule has 1 saturated carbocycles. The topological polar surface area (TPSA) is 76.2 Å². The Balaban J connectivity index is 1.95. The molecule has 0 N–H and O–H groups in total. The number of alkyl halides is 2. The summed E-state index contributed by atoms with van der Waals surface area (Å²) in [5.41, 5.74) is -0.352. The molecule has 0 atom stereocenters. The maximum absolute atomic E-state index is 13.0. The fourth-order valence-corrected chi connectivity index (χ4v) is 2.33. The van der Waals surface area contributed by atoms with Gasteiger partial charge in [0.25, 0.3) is 5.69 Å². The zero-order chi connectivity index (χ0) is 15.5. The van der Waals surface area contributed by atoms with Gasteiger partial charge in [0.2, 0.25) is 5.92 Å². The third-order valence-corrected chi connectivity index (χ3v) is 3.61. The normalized spacial score (nSPS) is 18.0. The molecular formula is C14H14F2N2O3. The van der Waals surface area contributed by atoms with Gasteiger partial charge in [0, 0.05) is 25.0 Å². The van der Waals surface area contributed by atoms with Crippen molar-refractivity contribution in [2.24, 2.45) is 5.92 Å². The number of hydrogen-bond acceptors (Lipinski definition) is 4. The minimum atomic E-state index is -2.57. The molecule has 1 aromatic rings. The minimum Gasteiger partial charge on any atom is -0.493 e. The highest BCUT2D eigenvalue weighted by atomic mass is 19.3. The van der Waals surface area contributed by atoms with E-state index in [-0.39, 0.29) is 36.6 Å². The van der Waals surface area contributed by atoms with E-state index in [0.29, 0.717) is 18.6 Å². The minimum absolute atomic E-state index is 0.0466. The molecule has 0 spiro atoms. The Labute approximate surface area is 120 Å². The summed E-state index contributed by atoms with van der Waals surface area (Å²) in [7, 11) is 0. The zero-order valence-electron chi connectivity index (χ0n) is 11.2. The van der Waals surface area contributed by atoms with E-state index in [4.69, 9.17) is 10.00 Å². The molecule has 1 fully saturated rings. The van der Waals surface area contributed by atoms with Crippen molar-refractivity contribution in [3.8, 4) is 11.8 Å². The predicted octanol–water partition coefficient (Wildman–Crippen LogP) is 3.67. The van der Waals surface area contributed by atoms with E-state index >= 15 is 0 Å². The number of nitriles is 1. The number of rotatable bonds is 4. The first kappa shape index (κ1) is 15.2. The fraction of sp³-hybridized carbons (Fsp3) is 0.500. The number of nitrogens with zero attached hydrogens (tertiary/aromatic N) is 2. The molecule has 0 bridgehead atoms.